The highest BCUT2D eigenvalue weighted by atomic mass is 32.2. The molecule has 0 aromatic heterocycles. The molecular weight excluding hydrogens is 226 g/mol. The number of thioether (sulfide) groups is 1. The van der Waals surface area contributed by atoms with Crippen LogP contribution in [0.2, 0.25) is 0 Å². The molecule has 0 heterocycles. The van der Waals surface area contributed by atoms with Crippen molar-refractivity contribution in [2.45, 2.75) is 24.5 Å². The number of benzene rings is 2. The predicted octanol–water partition coefficient (Wildman–Crippen LogP) is 4.18. The quantitative estimate of drug-likeness (QED) is 0.646. The van der Waals surface area contributed by atoms with Crippen molar-refractivity contribution < 1.29 is 0 Å². The Morgan fingerprint density at radius 1 is 1.06 bits per heavy atom. The lowest BCUT2D eigenvalue weighted by Crippen LogP contribution is -1.92. The van der Waals surface area contributed by atoms with E-state index in [1.807, 2.05) is 30.0 Å². The summed E-state index contributed by atoms with van der Waals surface area (Å²) in [7, 11) is 0. The predicted molar refractivity (Wildman–Crippen MR) is 76.3 cm³/mol. The Bertz CT molecular complexity index is 520. The normalized spacial score (nSPS) is 10.5. The maximum absolute atomic E-state index is 5.93. The van der Waals surface area contributed by atoms with E-state index in [4.69, 9.17) is 5.73 Å². The highest BCUT2D eigenvalue weighted by molar-refractivity contribution is 7.98. The molecule has 2 heteroatoms. The number of hydrogen-bond donors (Lipinski definition) is 1. The minimum absolute atomic E-state index is 0.879. The maximum atomic E-state index is 5.93. The fourth-order valence-electron chi connectivity index (χ4n) is 1.78. The van der Waals surface area contributed by atoms with Crippen LogP contribution in [0.25, 0.3) is 0 Å². The van der Waals surface area contributed by atoms with Gasteiger partial charge >= 0.3 is 0 Å². The molecule has 0 fully saturated rings. The van der Waals surface area contributed by atoms with Crippen LogP contribution in [-0.2, 0) is 5.75 Å². The Morgan fingerprint density at radius 2 is 1.82 bits per heavy atom. The van der Waals surface area contributed by atoms with Gasteiger partial charge in [-0.25, -0.2) is 0 Å². The van der Waals surface area contributed by atoms with Gasteiger partial charge in [0.25, 0.3) is 0 Å². The third-order valence-electron chi connectivity index (χ3n) is 2.77. The lowest BCUT2D eigenvalue weighted by molar-refractivity contribution is 1.26. The average Bonchev–Trinajstić information content (AvgIpc) is 2.30. The van der Waals surface area contributed by atoms with Gasteiger partial charge in [0.15, 0.2) is 0 Å². The van der Waals surface area contributed by atoms with E-state index in [2.05, 4.69) is 38.1 Å². The van der Waals surface area contributed by atoms with Gasteiger partial charge < -0.3 is 5.73 Å². The van der Waals surface area contributed by atoms with Gasteiger partial charge in [0, 0.05) is 16.3 Å². The SMILES string of the molecule is Cc1ccc(SCc2ccccc2N)c(C)c1. The molecule has 0 atom stereocenters. The average molecular weight is 243 g/mol. The Morgan fingerprint density at radius 3 is 2.53 bits per heavy atom. The van der Waals surface area contributed by atoms with Crippen molar-refractivity contribution >= 4 is 17.4 Å². The van der Waals surface area contributed by atoms with Crippen molar-refractivity contribution in [1.29, 1.82) is 0 Å². The highest BCUT2D eigenvalue weighted by Crippen LogP contribution is 2.28. The third-order valence-corrected chi connectivity index (χ3v) is 3.99. The molecule has 0 aliphatic rings. The van der Waals surface area contributed by atoms with E-state index in [0.29, 0.717) is 0 Å². The number of nitrogens with two attached hydrogens (primary N) is 1. The Hall–Kier alpha value is -1.41. The van der Waals surface area contributed by atoms with Gasteiger partial charge in [-0.2, -0.15) is 0 Å². The summed E-state index contributed by atoms with van der Waals surface area (Å²) in [6.45, 7) is 4.28. The number of anilines is 1. The zero-order chi connectivity index (χ0) is 12.3. The number of rotatable bonds is 3. The van der Waals surface area contributed by atoms with Crippen LogP contribution in [0.4, 0.5) is 5.69 Å². The molecule has 0 aliphatic heterocycles. The first-order valence-corrected chi connectivity index (χ1v) is 6.69. The number of para-hydroxylation sites is 1. The molecular formula is C15H17NS. The fourth-order valence-corrected chi connectivity index (χ4v) is 2.81. The second-order valence-corrected chi connectivity index (χ2v) is 5.27. The smallest absolute Gasteiger partial charge is 0.0355 e. The lowest BCUT2D eigenvalue weighted by Gasteiger charge is -2.08. The van der Waals surface area contributed by atoms with Gasteiger partial charge in [0.05, 0.1) is 0 Å². The summed E-state index contributed by atoms with van der Waals surface area (Å²) in [5.41, 5.74) is 10.7. The summed E-state index contributed by atoms with van der Waals surface area (Å²) in [4.78, 5) is 1.33. The molecule has 0 saturated heterocycles. The largest absolute Gasteiger partial charge is 0.398 e. The number of nitrogen functional groups attached to an aromatic ring is 1. The zero-order valence-corrected chi connectivity index (χ0v) is 11.1. The topological polar surface area (TPSA) is 26.0 Å². The first kappa shape index (κ1) is 12.1. The maximum Gasteiger partial charge on any atom is 0.0355 e. The molecule has 2 aromatic carbocycles. The Balaban J connectivity index is 2.10. The van der Waals surface area contributed by atoms with E-state index in [1.165, 1.54) is 21.6 Å². The van der Waals surface area contributed by atoms with Crippen molar-refractivity contribution in [3.63, 3.8) is 0 Å². The van der Waals surface area contributed by atoms with E-state index in [1.54, 1.807) is 0 Å². The van der Waals surface area contributed by atoms with Crippen LogP contribution < -0.4 is 5.73 Å². The molecule has 0 radical (unpaired) electrons. The molecule has 0 saturated carbocycles. The van der Waals surface area contributed by atoms with E-state index < -0.39 is 0 Å². The van der Waals surface area contributed by atoms with Crippen molar-refractivity contribution in [3.05, 3.63) is 59.2 Å². The number of hydrogen-bond acceptors (Lipinski definition) is 2. The molecule has 0 unspecified atom stereocenters. The minimum atomic E-state index is 0.879. The van der Waals surface area contributed by atoms with Crippen LogP contribution >= 0.6 is 11.8 Å². The summed E-state index contributed by atoms with van der Waals surface area (Å²) in [5, 5.41) is 0. The van der Waals surface area contributed by atoms with Crippen molar-refractivity contribution in [1.82, 2.24) is 0 Å². The Kier molecular flexibility index (Phi) is 3.75. The van der Waals surface area contributed by atoms with Gasteiger partial charge in [-0.15, -0.1) is 11.8 Å². The lowest BCUT2D eigenvalue weighted by atomic mass is 10.2. The molecule has 0 amide bonds. The van der Waals surface area contributed by atoms with Gasteiger partial charge in [-0.3, -0.25) is 0 Å². The van der Waals surface area contributed by atoms with Crippen LogP contribution in [0.15, 0.2) is 47.4 Å². The fraction of sp³-hybridized carbons (Fsp3) is 0.200. The highest BCUT2D eigenvalue weighted by Gasteiger charge is 2.02. The molecule has 2 N–H and O–H groups in total. The van der Waals surface area contributed by atoms with Crippen LogP contribution in [0.5, 0.6) is 0 Å². The van der Waals surface area contributed by atoms with Gasteiger partial charge in [-0.1, -0.05) is 35.9 Å². The molecule has 1 nitrogen and oxygen atoms in total. The molecule has 0 aliphatic carbocycles. The summed E-state index contributed by atoms with van der Waals surface area (Å²) in [6, 6.07) is 14.6. The first-order chi connectivity index (χ1) is 8.16. The van der Waals surface area contributed by atoms with Gasteiger partial charge in [0.2, 0.25) is 0 Å². The molecule has 2 aromatic rings. The van der Waals surface area contributed by atoms with E-state index in [9.17, 15) is 0 Å². The van der Waals surface area contributed by atoms with Crippen molar-refractivity contribution in [2.75, 3.05) is 5.73 Å². The second-order valence-electron chi connectivity index (χ2n) is 4.26. The first-order valence-electron chi connectivity index (χ1n) is 5.70. The van der Waals surface area contributed by atoms with Crippen molar-refractivity contribution in [2.24, 2.45) is 0 Å². The summed E-state index contributed by atoms with van der Waals surface area (Å²) < 4.78 is 0. The third kappa shape index (κ3) is 3.04. The van der Waals surface area contributed by atoms with E-state index >= 15 is 0 Å². The standard InChI is InChI=1S/C15H17NS/c1-11-7-8-15(12(2)9-11)17-10-13-5-3-4-6-14(13)16/h3-9H,10,16H2,1-2H3. The summed E-state index contributed by atoms with van der Waals surface area (Å²) in [6.07, 6.45) is 0. The van der Waals surface area contributed by atoms with Gasteiger partial charge in [-0.05, 0) is 37.1 Å². The molecule has 0 spiro atoms. The van der Waals surface area contributed by atoms with Gasteiger partial charge in [0.1, 0.15) is 0 Å². The molecule has 0 bridgehead atoms. The Labute approximate surface area is 107 Å². The molecule has 2 rings (SSSR count). The monoisotopic (exact) mass is 243 g/mol. The van der Waals surface area contributed by atoms with E-state index in [-0.39, 0.29) is 0 Å². The second kappa shape index (κ2) is 5.28. The van der Waals surface area contributed by atoms with Crippen LogP contribution in [0.3, 0.4) is 0 Å². The van der Waals surface area contributed by atoms with Crippen LogP contribution in [-0.4, -0.2) is 0 Å². The number of aryl methyl sites for hydroxylation is 2. The summed E-state index contributed by atoms with van der Waals surface area (Å²) >= 11 is 1.84. The van der Waals surface area contributed by atoms with Crippen LogP contribution in [0.1, 0.15) is 16.7 Å². The molecule has 88 valence electrons. The minimum Gasteiger partial charge on any atom is -0.398 e. The van der Waals surface area contributed by atoms with Crippen LogP contribution in [0, 0.1) is 13.8 Å². The van der Waals surface area contributed by atoms with Crippen molar-refractivity contribution in [3.8, 4) is 0 Å². The summed E-state index contributed by atoms with van der Waals surface area (Å²) in [5.74, 6) is 0.927. The van der Waals surface area contributed by atoms with E-state index in [0.717, 1.165) is 11.4 Å². The molecule has 17 heavy (non-hydrogen) atoms. The zero-order valence-electron chi connectivity index (χ0n) is 10.2.